The first-order valence-corrected chi connectivity index (χ1v) is 7.83. The summed E-state index contributed by atoms with van der Waals surface area (Å²) in [7, 11) is -3.54. The molecule has 1 aromatic carbocycles. The molecule has 0 radical (unpaired) electrons. The molecule has 0 saturated heterocycles. The Bertz CT molecular complexity index is 511. The van der Waals surface area contributed by atoms with E-state index in [1.54, 1.807) is 13.0 Å². The molecule has 1 atom stereocenters. The zero-order valence-electron chi connectivity index (χ0n) is 10.7. The molecule has 1 rings (SSSR count). The van der Waals surface area contributed by atoms with Crippen LogP contribution < -0.4 is 15.2 Å². The second kappa shape index (κ2) is 8.06. The number of nitrogens with two attached hydrogens (primary N) is 1. The van der Waals surface area contributed by atoms with Gasteiger partial charge in [-0.2, -0.15) is 0 Å². The molecule has 0 bridgehead atoms. The summed E-state index contributed by atoms with van der Waals surface area (Å²) in [5.41, 5.74) is 5.39. The maximum Gasteiger partial charge on any atom is 0.240 e. The van der Waals surface area contributed by atoms with Crippen LogP contribution in [0.4, 0.5) is 0 Å². The minimum atomic E-state index is -3.54. The van der Waals surface area contributed by atoms with Crippen LogP contribution in [0.5, 0.6) is 5.75 Å². The Kier molecular flexibility index (Phi) is 7.92. The van der Waals surface area contributed by atoms with E-state index in [2.05, 4.69) is 20.7 Å². The smallest absolute Gasteiger partial charge is 0.240 e. The van der Waals surface area contributed by atoms with Crippen molar-refractivity contribution in [1.82, 2.24) is 4.72 Å². The summed E-state index contributed by atoms with van der Waals surface area (Å²) in [6.45, 7) is 4.34. The molecule has 5 nitrogen and oxygen atoms in total. The van der Waals surface area contributed by atoms with Crippen LogP contribution in [-0.4, -0.2) is 27.6 Å². The van der Waals surface area contributed by atoms with E-state index in [0.717, 1.165) is 0 Å². The molecule has 8 heteroatoms. The van der Waals surface area contributed by atoms with Crippen LogP contribution in [0.15, 0.2) is 27.6 Å². The third kappa shape index (κ3) is 5.27. The normalized spacial score (nSPS) is 12.6. The fourth-order valence-corrected chi connectivity index (χ4v) is 3.23. The van der Waals surface area contributed by atoms with Crippen molar-refractivity contribution >= 4 is 38.4 Å². The molecule has 0 unspecified atom stereocenters. The number of halogens is 2. The summed E-state index contributed by atoms with van der Waals surface area (Å²) < 4.78 is 32.4. The van der Waals surface area contributed by atoms with Gasteiger partial charge in [-0.3, -0.25) is 0 Å². The van der Waals surface area contributed by atoms with Gasteiger partial charge in [-0.25, -0.2) is 13.1 Å². The van der Waals surface area contributed by atoms with E-state index >= 15 is 0 Å². The van der Waals surface area contributed by atoms with Crippen molar-refractivity contribution in [3.63, 3.8) is 0 Å². The number of ether oxygens (including phenoxy) is 1. The third-order valence-electron chi connectivity index (χ3n) is 2.22. The van der Waals surface area contributed by atoms with Gasteiger partial charge < -0.3 is 10.5 Å². The Morgan fingerprint density at radius 1 is 1.47 bits per heavy atom. The Morgan fingerprint density at radius 3 is 2.58 bits per heavy atom. The largest absolute Gasteiger partial charge is 0.493 e. The van der Waals surface area contributed by atoms with Gasteiger partial charge in [-0.1, -0.05) is 0 Å². The van der Waals surface area contributed by atoms with E-state index in [1.165, 1.54) is 12.1 Å². The molecule has 110 valence electrons. The van der Waals surface area contributed by atoms with Crippen LogP contribution in [0.1, 0.15) is 13.8 Å². The van der Waals surface area contributed by atoms with Crippen LogP contribution in [0.2, 0.25) is 0 Å². The van der Waals surface area contributed by atoms with Crippen LogP contribution in [0.25, 0.3) is 0 Å². The molecule has 0 amide bonds. The molecule has 1 aromatic rings. The first kappa shape index (κ1) is 18.7. The molecule has 0 fully saturated rings. The highest BCUT2D eigenvalue weighted by Crippen LogP contribution is 2.27. The number of sulfonamides is 1. The number of hydrogen-bond acceptors (Lipinski definition) is 4. The van der Waals surface area contributed by atoms with Crippen molar-refractivity contribution in [3.8, 4) is 5.75 Å². The van der Waals surface area contributed by atoms with Crippen LogP contribution in [0.3, 0.4) is 0 Å². The maximum absolute atomic E-state index is 12.0. The molecule has 3 N–H and O–H groups in total. The van der Waals surface area contributed by atoms with Gasteiger partial charge in [0, 0.05) is 12.6 Å². The lowest BCUT2D eigenvalue weighted by molar-refractivity contribution is 0.338. The Hall–Kier alpha value is -0.340. The minimum absolute atomic E-state index is 0. The van der Waals surface area contributed by atoms with Gasteiger partial charge in [0.1, 0.15) is 5.75 Å². The second-order valence-electron chi connectivity index (χ2n) is 3.78. The average Bonchev–Trinajstić information content (AvgIpc) is 2.31. The van der Waals surface area contributed by atoms with Gasteiger partial charge in [0.25, 0.3) is 0 Å². The van der Waals surface area contributed by atoms with Crippen molar-refractivity contribution in [3.05, 3.63) is 22.7 Å². The van der Waals surface area contributed by atoms with Gasteiger partial charge in [0.15, 0.2) is 0 Å². The van der Waals surface area contributed by atoms with Crippen molar-refractivity contribution in [2.24, 2.45) is 5.73 Å². The molecule has 0 spiro atoms. The zero-order chi connectivity index (χ0) is 13.8. The molecule has 0 aromatic heterocycles. The lowest BCUT2D eigenvalue weighted by Crippen LogP contribution is -2.37. The van der Waals surface area contributed by atoms with Crippen LogP contribution in [0, 0.1) is 0 Å². The third-order valence-corrected chi connectivity index (χ3v) is 4.43. The van der Waals surface area contributed by atoms with Crippen molar-refractivity contribution in [2.75, 3.05) is 13.2 Å². The summed E-state index contributed by atoms with van der Waals surface area (Å²) in [5.74, 6) is 0.614. The molecule has 0 saturated carbocycles. The Morgan fingerprint density at radius 2 is 2.11 bits per heavy atom. The molecule has 0 heterocycles. The highest BCUT2D eigenvalue weighted by molar-refractivity contribution is 9.10. The number of rotatable bonds is 6. The van der Waals surface area contributed by atoms with Crippen molar-refractivity contribution < 1.29 is 13.2 Å². The first-order chi connectivity index (χ1) is 8.40. The second-order valence-corrected chi connectivity index (χ2v) is 6.35. The van der Waals surface area contributed by atoms with E-state index in [9.17, 15) is 8.42 Å². The molecule has 0 aliphatic heterocycles. The average molecular weight is 374 g/mol. The highest BCUT2D eigenvalue weighted by Gasteiger charge is 2.17. The van der Waals surface area contributed by atoms with Gasteiger partial charge in [0.2, 0.25) is 10.0 Å². The predicted octanol–water partition coefficient (Wildman–Crippen LogP) is 1.90. The van der Waals surface area contributed by atoms with Crippen molar-refractivity contribution in [1.29, 1.82) is 0 Å². The van der Waals surface area contributed by atoms with E-state index in [1.807, 2.05) is 6.92 Å². The van der Waals surface area contributed by atoms with Crippen LogP contribution >= 0.6 is 28.3 Å². The summed E-state index contributed by atoms with van der Waals surface area (Å²) in [5, 5.41) is 0. The number of benzene rings is 1. The zero-order valence-corrected chi connectivity index (χ0v) is 13.9. The minimum Gasteiger partial charge on any atom is -0.493 e. The Labute approximate surface area is 128 Å². The summed E-state index contributed by atoms with van der Waals surface area (Å²) in [6.07, 6.45) is 0. The first-order valence-electron chi connectivity index (χ1n) is 5.55. The number of nitrogens with one attached hydrogen (secondary N) is 1. The molecular formula is C11H18BrClN2O3S. The van der Waals surface area contributed by atoms with E-state index < -0.39 is 10.0 Å². The predicted molar refractivity (Wildman–Crippen MR) is 81.4 cm³/mol. The quantitative estimate of drug-likeness (QED) is 0.798. The summed E-state index contributed by atoms with van der Waals surface area (Å²) in [4.78, 5) is 0.179. The molecule has 0 aliphatic carbocycles. The summed E-state index contributed by atoms with van der Waals surface area (Å²) >= 11 is 3.28. The molecule has 0 aliphatic rings. The maximum atomic E-state index is 12.0. The van der Waals surface area contributed by atoms with Crippen LogP contribution in [-0.2, 0) is 10.0 Å². The van der Waals surface area contributed by atoms with Gasteiger partial charge in [0.05, 0.1) is 16.0 Å². The van der Waals surface area contributed by atoms with Gasteiger partial charge >= 0.3 is 0 Å². The molecule has 19 heavy (non-hydrogen) atoms. The SMILES string of the molecule is CCOc1ccc(S(=O)(=O)N[C@@H](C)CN)cc1Br.Cl. The van der Waals surface area contributed by atoms with E-state index in [4.69, 9.17) is 10.5 Å². The van der Waals surface area contributed by atoms with E-state index in [0.29, 0.717) is 16.8 Å². The standard InChI is InChI=1S/C11H17BrN2O3S.ClH/c1-3-17-11-5-4-9(6-10(11)12)18(15,16)14-8(2)7-13;/h4-6,8,14H,3,7,13H2,1-2H3;1H/t8-;/m0./s1. The van der Waals surface area contributed by atoms with Crippen molar-refractivity contribution in [2.45, 2.75) is 24.8 Å². The van der Waals surface area contributed by atoms with E-state index in [-0.39, 0.29) is 29.9 Å². The molecular weight excluding hydrogens is 356 g/mol. The Balaban J connectivity index is 0.00000324. The van der Waals surface area contributed by atoms with Gasteiger partial charge in [-0.15, -0.1) is 12.4 Å². The highest BCUT2D eigenvalue weighted by atomic mass is 79.9. The topological polar surface area (TPSA) is 81.4 Å². The lowest BCUT2D eigenvalue weighted by Gasteiger charge is -2.13. The number of hydrogen-bond donors (Lipinski definition) is 2. The monoisotopic (exact) mass is 372 g/mol. The fraction of sp³-hybridized carbons (Fsp3) is 0.455. The van der Waals surface area contributed by atoms with Gasteiger partial charge in [-0.05, 0) is 48.0 Å². The summed E-state index contributed by atoms with van der Waals surface area (Å²) in [6, 6.07) is 4.33. The lowest BCUT2D eigenvalue weighted by atomic mass is 10.3. The fourth-order valence-electron chi connectivity index (χ4n) is 1.30.